The summed E-state index contributed by atoms with van der Waals surface area (Å²) in [5.74, 6) is 5.34. The first-order chi connectivity index (χ1) is 8.78. The number of nitrogens with one attached hydrogen (secondary N) is 1. The summed E-state index contributed by atoms with van der Waals surface area (Å²) >= 11 is 3.42. The van der Waals surface area contributed by atoms with Gasteiger partial charge < -0.3 is 0 Å². The number of aromatic nitrogens is 2. The smallest absolute Gasteiger partial charge is 0.271 e. The molecule has 0 radical (unpaired) electrons. The van der Waals surface area contributed by atoms with Gasteiger partial charge in [-0.05, 0) is 36.2 Å². The van der Waals surface area contributed by atoms with E-state index >= 15 is 0 Å². The first-order valence-electron chi connectivity index (χ1n) is 6.03. The largest absolute Gasteiger partial charge is 0.389 e. The summed E-state index contributed by atoms with van der Waals surface area (Å²) in [6, 6.07) is -0.431. The molecule has 1 aromatic rings. The zero-order valence-electron chi connectivity index (χ0n) is 10.9. The maximum absolute atomic E-state index is 12.2. The van der Waals surface area contributed by atoms with Crippen molar-refractivity contribution in [3.8, 4) is 0 Å². The topological polar surface area (TPSA) is 55.9 Å². The average molecular weight is 343 g/mol. The highest BCUT2D eigenvalue weighted by atomic mass is 79.9. The minimum Gasteiger partial charge on any atom is -0.271 e. The van der Waals surface area contributed by atoms with Crippen LogP contribution in [0.4, 0.5) is 13.2 Å². The summed E-state index contributed by atoms with van der Waals surface area (Å²) in [6.45, 7) is 4.45. The molecule has 0 aliphatic heterocycles. The highest BCUT2D eigenvalue weighted by molar-refractivity contribution is 9.10. The van der Waals surface area contributed by atoms with Gasteiger partial charge in [-0.25, -0.2) is 0 Å². The Hall–Kier alpha value is -0.600. The van der Waals surface area contributed by atoms with E-state index in [1.54, 1.807) is 4.68 Å². The third-order valence-corrected chi connectivity index (χ3v) is 3.94. The van der Waals surface area contributed by atoms with Crippen molar-refractivity contribution in [1.82, 2.24) is 15.2 Å². The van der Waals surface area contributed by atoms with Gasteiger partial charge in [-0.15, -0.1) is 0 Å². The second-order valence-corrected chi connectivity index (χ2v) is 5.18. The first-order valence-corrected chi connectivity index (χ1v) is 6.82. The molecule has 0 saturated carbocycles. The van der Waals surface area contributed by atoms with E-state index in [0.29, 0.717) is 13.0 Å². The van der Waals surface area contributed by atoms with Crippen molar-refractivity contribution in [2.45, 2.75) is 51.9 Å². The van der Waals surface area contributed by atoms with E-state index in [1.165, 1.54) is 0 Å². The maximum atomic E-state index is 12.2. The Morgan fingerprint density at radius 2 is 2.11 bits per heavy atom. The Morgan fingerprint density at radius 1 is 1.47 bits per heavy atom. The van der Waals surface area contributed by atoms with Gasteiger partial charge in [0, 0.05) is 25.4 Å². The van der Waals surface area contributed by atoms with Crippen molar-refractivity contribution < 1.29 is 13.2 Å². The predicted octanol–water partition coefficient (Wildman–Crippen LogP) is 2.69. The molecular formula is C11H18BrF3N4. The van der Waals surface area contributed by atoms with Gasteiger partial charge in [0.15, 0.2) is 0 Å². The Kier molecular flexibility index (Phi) is 5.82. The van der Waals surface area contributed by atoms with Crippen molar-refractivity contribution in [3.63, 3.8) is 0 Å². The quantitative estimate of drug-likeness (QED) is 0.617. The number of alkyl halides is 3. The number of nitrogens with zero attached hydrogens (tertiary/aromatic N) is 2. The van der Waals surface area contributed by atoms with E-state index in [4.69, 9.17) is 5.84 Å². The van der Waals surface area contributed by atoms with Gasteiger partial charge in [0.25, 0.3) is 0 Å². The lowest BCUT2D eigenvalue weighted by atomic mass is 10.1. The standard InChI is InChI=1S/C11H18BrF3N4/c1-3-19-9(10(12)7(2)18-19)6-8(17-16)4-5-11(13,14)15/h8,17H,3-6,16H2,1-2H3. The molecule has 0 aliphatic carbocycles. The Labute approximate surface area is 118 Å². The van der Waals surface area contributed by atoms with E-state index < -0.39 is 18.6 Å². The molecule has 0 fully saturated rings. The van der Waals surface area contributed by atoms with Crippen LogP contribution in [0.25, 0.3) is 0 Å². The highest BCUT2D eigenvalue weighted by Gasteiger charge is 2.28. The second kappa shape index (κ2) is 6.71. The lowest BCUT2D eigenvalue weighted by Crippen LogP contribution is -2.38. The van der Waals surface area contributed by atoms with Crippen molar-refractivity contribution in [2.75, 3.05) is 0 Å². The summed E-state index contributed by atoms with van der Waals surface area (Å²) < 4.78 is 39.3. The molecule has 0 aliphatic rings. The van der Waals surface area contributed by atoms with E-state index in [2.05, 4.69) is 26.5 Å². The molecule has 8 heteroatoms. The van der Waals surface area contributed by atoms with Crippen LogP contribution in [0, 0.1) is 6.92 Å². The molecule has 1 atom stereocenters. The molecule has 0 spiro atoms. The zero-order valence-corrected chi connectivity index (χ0v) is 12.5. The molecule has 1 unspecified atom stereocenters. The van der Waals surface area contributed by atoms with E-state index in [0.717, 1.165) is 15.9 Å². The molecule has 1 aromatic heterocycles. The summed E-state index contributed by atoms with van der Waals surface area (Å²) in [5.41, 5.74) is 4.14. The normalized spacial score (nSPS) is 13.8. The van der Waals surface area contributed by atoms with Crippen LogP contribution in [-0.4, -0.2) is 22.0 Å². The third-order valence-electron chi connectivity index (χ3n) is 2.90. The van der Waals surface area contributed by atoms with Crippen molar-refractivity contribution in [3.05, 3.63) is 15.9 Å². The molecule has 3 N–H and O–H groups in total. The molecule has 1 heterocycles. The Balaban J connectivity index is 2.75. The van der Waals surface area contributed by atoms with Crippen LogP contribution in [0.3, 0.4) is 0 Å². The number of nitrogens with two attached hydrogens (primary N) is 1. The molecule has 4 nitrogen and oxygen atoms in total. The first kappa shape index (κ1) is 16.5. The third kappa shape index (κ3) is 4.77. The molecule has 1 rings (SSSR count). The number of aryl methyl sites for hydroxylation is 2. The molecule has 0 amide bonds. The van der Waals surface area contributed by atoms with E-state index in [9.17, 15) is 13.2 Å². The number of hydrogen-bond acceptors (Lipinski definition) is 3. The maximum Gasteiger partial charge on any atom is 0.389 e. The Bertz CT molecular complexity index is 417. The zero-order chi connectivity index (χ0) is 14.6. The number of hydrazine groups is 1. The Morgan fingerprint density at radius 3 is 2.58 bits per heavy atom. The molecule has 0 saturated heterocycles. The van der Waals surface area contributed by atoms with Crippen molar-refractivity contribution in [2.24, 2.45) is 5.84 Å². The fourth-order valence-electron chi connectivity index (χ4n) is 1.88. The molecular weight excluding hydrogens is 325 g/mol. The van der Waals surface area contributed by atoms with Crippen LogP contribution in [0.5, 0.6) is 0 Å². The molecule has 110 valence electrons. The SMILES string of the molecule is CCn1nc(C)c(Br)c1CC(CCC(F)(F)F)NN. The van der Waals surface area contributed by atoms with Crippen LogP contribution in [0.2, 0.25) is 0 Å². The average Bonchev–Trinajstić information content (AvgIpc) is 2.60. The van der Waals surface area contributed by atoms with E-state index in [1.807, 2.05) is 13.8 Å². The molecule has 0 bridgehead atoms. The lowest BCUT2D eigenvalue weighted by molar-refractivity contribution is -0.136. The van der Waals surface area contributed by atoms with Gasteiger partial charge in [0.05, 0.1) is 15.9 Å². The van der Waals surface area contributed by atoms with Crippen LogP contribution < -0.4 is 11.3 Å². The van der Waals surface area contributed by atoms with Crippen LogP contribution in [0.1, 0.15) is 31.2 Å². The highest BCUT2D eigenvalue weighted by Crippen LogP contribution is 2.26. The van der Waals surface area contributed by atoms with Crippen LogP contribution in [0.15, 0.2) is 4.47 Å². The number of rotatable bonds is 6. The summed E-state index contributed by atoms with van der Waals surface area (Å²) in [5, 5.41) is 4.30. The molecule has 19 heavy (non-hydrogen) atoms. The number of hydrogen-bond donors (Lipinski definition) is 2. The van der Waals surface area contributed by atoms with Crippen molar-refractivity contribution in [1.29, 1.82) is 0 Å². The minimum absolute atomic E-state index is 0.0552. The predicted molar refractivity (Wildman–Crippen MR) is 70.4 cm³/mol. The number of halogens is 4. The monoisotopic (exact) mass is 342 g/mol. The van der Waals surface area contributed by atoms with Gasteiger partial charge in [0.1, 0.15) is 0 Å². The van der Waals surface area contributed by atoms with E-state index in [-0.39, 0.29) is 6.42 Å². The molecule has 0 aromatic carbocycles. The summed E-state index contributed by atoms with van der Waals surface area (Å²) in [4.78, 5) is 0. The van der Waals surface area contributed by atoms with Gasteiger partial charge in [-0.2, -0.15) is 18.3 Å². The van der Waals surface area contributed by atoms with Gasteiger partial charge in [0.2, 0.25) is 0 Å². The fraction of sp³-hybridized carbons (Fsp3) is 0.727. The summed E-state index contributed by atoms with van der Waals surface area (Å²) in [6.07, 6.45) is -4.66. The van der Waals surface area contributed by atoms with Crippen LogP contribution in [-0.2, 0) is 13.0 Å². The van der Waals surface area contributed by atoms with Crippen LogP contribution >= 0.6 is 15.9 Å². The second-order valence-electron chi connectivity index (χ2n) is 4.38. The van der Waals surface area contributed by atoms with Gasteiger partial charge in [-0.1, -0.05) is 0 Å². The minimum atomic E-state index is -4.16. The van der Waals surface area contributed by atoms with Gasteiger partial charge in [-0.3, -0.25) is 16.0 Å². The van der Waals surface area contributed by atoms with Gasteiger partial charge >= 0.3 is 6.18 Å². The lowest BCUT2D eigenvalue weighted by Gasteiger charge is -2.17. The fourth-order valence-corrected chi connectivity index (χ4v) is 2.33. The van der Waals surface area contributed by atoms with Crippen molar-refractivity contribution >= 4 is 15.9 Å². The summed E-state index contributed by atoms with van der Waals surface area (Å²) in [7, 11) is 0.